The van der Waals surface area contributed by atoms with Gasteiger partial charge in [-0.2, -0.15) is 0 Å². The van der Waals surface area contributed by atoms with Crippen molar-refractivity contribution in [2.45, 2.75) is 61.8 Å². The first-order valence-electron chi connectivity index (χ1n) is 9.02. The van der Waals surface area contributed by atoms with E-state index in [9.17, 15) is 4.79 Å². The highest BCUT2D eigenvalue weighted by Gasteiger charge is 2.34. The molecule has 1 rings (SSSR count). The monoisotopic (exact) mass is 505 g/mol. The zero-order valence-electron chi connectivity index (χ0n) is 15.5. The van der Waals surface area contributed by atoms with Crippen LogP contribution in [-0.2, 0) is 4.79 Å². The van der Waals surface area contributed by atoms with Gasteiger partial charge in [0.1, 0.15) is 6.17 Å². The SMILES string of the molecule is CCCCCCCCC(=O)N[C@@H](NC(=S)Nc1cc(Cl)ccc1Cl)C(Cl)(Cl)Cl. The van der Waals surface area contributed by atoms with Crippen molar-refractivity contribution in [3.63, 3.8) is 0 Å². The van der Waals surface area contributed by atoms with Crippen molar-refractivity contribution in [2.75, 3.05) is 5.32 Å². The van der Waals surface area contributed by atoms with Crippen molar-refractivity contribution in [1.29, 1.82) is 0 Å². The Bertz CT molecular complexity index is 655. The van der Waals surface area contributed by atoms with Crippen LogP contribution in [0.2, 0.25) is 10.0 Å². The van der Waals surface area contributed by atoms with Gasteiger partial charge in [0.2, 0.25) is 9.70 Å². The summed E-state index contributed by atoms with van der Waals surface area (Å²) in [4.78, 5) is 12.2. The minimum absolute atomic E-state index is 0.125. The van der Waals surface area contributed by atoms with Gasteiger partial charge in [-0.05, 0) is 36.8 Å². The Morgan fingerprint density at radius 3 is 2.36 bits per heavy atom. The lowest BCUT2D eigenvalue weighted by Gasteiger charge is -2.28. The van der Waals surface area contributed by atoms with E-state index in [0.29, 0.717) is 22.2 Å². The van der Waals surface area contributed by atoms with Gasteiger partial charge in [-0.1, -0.05) is 97.0 Å². The average molecular weight is 508 g/mol. The third kappa shape index (κ3) is 10.6. The molecule has 0 aliphatic heterocycles. The predicted octanol–water partition coefficient (Wildman–Crippen LogP) is 6.84. The maximum Gasteiger partial charge on any atom is 0.228 e. The van der Waals surface area contributed by atoms with Crippen molar-refractivity contribution in [3.8, 4) is 0 Å². The molecule has 3 N–H and O–H groups in total. The highest BCUT2D eigenvalue weighted by molar-refractivity contribution is 7.80. The van der Waals surface area contributed by atoms with Crippen LogP contribution in [0.3, 0.4) is 0 Å². The van der Waals surface area contributed by atoms with Crippen LogP contribution in [0.15, 0.2) is 18.2 Å². The van der Waals surface area contributed by atoms with Crippen molar-refractivity contribution in [2.24, 2.45) is 0 Å². The van der Waals surface area contributed by atoms with Gasteiger partial charge in [0.25, 0.3) is 0 Å². The number of thiocarbonyl (C=S) groups is 1. The highest BCUT2D eigenvalue weighted by atomic mass is 35.6. The summed E-state index contributed by atoms with van der Waals surface area (Å²) in [6, 6.07) is 4.89. The van der Waals surface area contributed by atoms with Gasteiger partial charge >= 0.3 is 0 Å². The Morgan fingerprint density at radius 2 is 1.71 bits per heavy atom. The number of carbonyl (C=O) groups is 1. The number of amides is 1. The number of hydrogen-bond acceptors (Lipinski definition) is 2. The zero-order valence-corrected chi connectivity index (χ0v) is 20.1. The van der Waals surface area contributed by atoms with Gasteiger partial charge in [-0.3, -0.25) is 4.79 Å². The molecule has 0 bridgehead atoms. The normalized spacial score (nSPS) is 12.4. The molecule has 0 heterocycles. The number of unbranched alkanes of at least 4 members (excludes halogenated alkanes) is 5. The van der Waals surface area contributed by atoms with E-state index in [0.717, 1.165) is 19.3 Å². The van der Waals surface area contributed by atoms with Crippen molar-refractivity contribution in [1.82, 2.24) is 10.6 Å². The van der Waals surface area contributed by atoms with E-state index in [4.69, 9.17) is 70.2 Å². The smallest absolute Gasteiger partial charge is 0.228 e. The second-order valence-corrected chi connectivity index (χ2v) is 9.90. The topological polar surface area (TPSA) is 53.2 Å². The molecule has 0 spiro atoms. The van der Waals surface area contributed by atoms with Gasteiger partial charge in [-0.25, -0.2) is 0 Å². The van der Waals surface area contributed by atoms with Gasteiger partial charge in [0, 0.05) is 11.4 Å². The van der Waals surface area contributed by atoms with Crippen LogP contribution in [0, 0.1) is 0 Å². The number of alkyl halides is 3. The molecule has 10 heteroatoms. The minimum atomic E-state index is -1.80. The number of halogens is 5. The third-order valence-corrected chi connectivity index (χ3v) is 5.28. The van der Waals surface area contributed by atoms with E-state index >= 15 is 0 Å². The molecule has 0 saturated heterocycles. The summed E-state index contributed by atoms with van der Waals surface area (Å²) in [7, 11) is 0. The molecule has 1 atom stereocenters. The fourth-order valence-corrected chi connectivity index (χ4v) is 3.27. The minimum Gasteiger partial charge on any atom is -0.339 e. The fraction of sp³-hybridized carbons (Fsp3) is 0.556. The summed E-state index contributed by atoms with van der Waals surface area (Å²) in [5.41, 5.74) is 0.494. The second-order valence-electron chi connectivity index (χ2n) is 6.28. The summed E-state index contributed by atoms with van der Waals surface area (Å²) in [5.74, 6) is -0.220. The van der Waals surface area contributed by atoms with Gasteiger partial charge in [0.05, 0.1) is 10.7 Å². The summed E-state index contributed by atoms with van der Waals surface area (Å²) in [5, 5.41) is 9.37. The average Bonchev–Trinajstić information content (AvgIpc) is 2.60. The van der Waals surface area contributed by atoms with Crippen LogP contribution in [0.4, 0.5) is 5.69 Å². The number of anilines is 1. The summed E-state index contributed by atoms with van der Waals surface area (Å²) in [6.07, 6.45) is 5.81. The molecule has 0 unspecified atom stereocenters. The van der Waals surface area contributed by atoms with Crippen LogP contribution in [0.5, 0.6) is 0 Å². The molecule has 28 heavy (non-hydrogen) atoms. The number of benzene rings is 1. The Kier molecular flexibility index (Phi) is 12.2. The van der Waals surface area contributed by atoms with Crippen molar-refractivity contribution < 1.29 is 4.79 Å². The maximum atomic E-state index is 12.2. The molecular weight excluding hydrogens is 484 g/mol. The second kappa shape index (κ2) is 13.2. The lowest BCUT2D eigenvalue weighted by Crippen LogP contribution is -2.56. The Labute approximate surface area is 196 Å². The molecule has 4 nitrogen and oxygen atoms in total. The van der Waals surface area contributed by atoms with Crippen molar-refractivity contribution >= 4 is 86.9 Å². The Hall–Kier alpha value is -0.170. The van der Waals surface area contributed by atoms with E-state index in [1.807, 2.05) is 0 Å². The number of carbonyl (C=O) groups excluding carboxylic acids is 1. The standard InChI is InChI=1S/C18H24Cl5N3OS/c1-2-3-4-5-6-7-8-15(27)25-16(18(21,22)23)26-17(28)24-14-11-12(19)9-10-13(14)20/h9-11,16H,2-8H2,1H3,(H,25,27)(H2,24,26,28)/t16-/m0/s1. The number of hydrogen-bond donors (Lipinski definition) is 3. The maximum absolute atomic E-state index is 12.2. The molecular formula is C18H24Cl5N3OS. The molecule has 0 saturated carbocycles. The third-order valence-electron chi connectivity index (χ3n) is 3.84. The fourth-order valence-electron chi connectivity index (χ4n) is 2.38. The molecule has 1 aromatic rings. The van der Waals surface area contributed by atoms with E-state index in [-0.39, 0.29) is 11.0 Å². The van der Waals surface area contributed by atoms with E-state index in [2.05, 4.69) is 22.9 Å². The lowest BCUT2D eigenvalue weighted by atomic mass is 10.1. The van der Waals surface area contributed by atoms with E-state index in [1.54, 1.807) is 18.2 Å². The van der Waals surface area contributed by atoms with Crippen LogP contribution >= 0.6 is 70.2 Å². The predicted molar refractivity (Wildman–Crippen MR) is 126 cm³/mol. The summed E-state index contributed by atoms with van der Waals surface area (Å²) >= 11 is 35.2. The molecule has 1 amide bonds. The molecule has 0 aliphatic rings. The van der Waals surface area contributed by atoms with Gasteiger partial charge in [0.15, 0.2) is 5.11 Å². The molecule has 158 valence electrons. The highest BCUT2D eigenvalue weighted by Crippen LogP contribution is 2.30. The van der Waals surface area contributed by atoms with Gasteiger partial charge in [-0.15, -0.1) is 0 Å². The van der Waals surface area contributed by atoms with Crippen LogP contribution in [0.25, 0.3) is 0 Å². The molecule has 0 aromatic heterocycles. The van der Waals surface area contributed by atoms with Crippen LogP contribution < -0.4 is 16.0 Å². The van der Waals surface area contributed by atoms with Crippen LogP contribution in [0.1, 0.15) is 51.9 Å². The molecule has 0 fully saturated rings. The van der Waals surface area contributed by atoms with E-state index < -0.39 is 9.96 Å². The Balaban J connectivity index is 2.55. The first-order chi connectivity index (χ1) is 13.1. The van der Waals surface area contributed by atoms with Crippen LogP contribution in [-0.4, -0.2) is 21.0 Å². The molecule has 1 aromatic carbocycles. The summed E-state index contributed by atoms with van der Waals surface area (Å²) < 4.78 is -1.80. The van der Waals surface area contributed by atoms with E-state index in [1.165, 1.54) is 19.3 Å². The number of rotatable bonds is 10. The zero-order chi connectivity index (χ0) is 21.2. The van der Waals surface area contributed by atoms with Crippen molar-refractivity contribution in [3.05, 3.63) is 28.2 Å². The largest absolute Gasteiger partial charge is 0.339 e. The number of nitrogens with one attached hydrogen (secondary N) is 3. The molecule has 0 radical (unpaired) electrons. The molecule has 0 aliphatic carbocycles. The summed E-state index contributed by atoms with van der Waals surface area (Å²) in [6.45, 7) is 2.16. The lowest BCUT2D eigenvalue weighted by molar-refractivity contribution is -0.122. The first-order valence-corrected chi connectivity index (χ1v) is 11.3. The Morgan fingerprint density at radius 1 is 1.07 bits per heavy atom. The quantitative estimate of drug-likeness (QED) is 0.140. The van der Waals surface area contributed by atoms with Gasteiger partial charge < -0.3 is 16.0 Å². The first kappa shape index (κ1) is 25.9.